The zero-order valence-corrected chi connectivity index (χ0v) is 9.85. The van der Waals surface area contributed by atoms with Crippen LogP contribution in [0.3, 0.4) is 0 Å². The first kappa shape index (κ1) is 11.3. The summed E-state index contributed by atoms with van der Waals surface area (Å²) in [6.45, 7) is 1.67. The van der Waals surface area contributed by atoms with Crippen LogP contribution in [0.25, 0.3) is 21.5 Å². The largest absolute Gasteiger partial charge is 0.313 e. The highest BCUT2D eigenvalue weighted by molar-refractivity contribution is 6.07. The van der Waals surface area contributed by atoms with Crippen LogP contribution in [0.1, 0.15) is 6.92 Å². The minimum absolute atomic E-state index is 1.25. The zero-order chi connectivity index (χ0) is 12.1. The van der Waals surface area contributed by atoms with Gasteiger partial charge in [0, 0.05) is 0 Å². The summed E-state index contributed by atoms with van der Waals surface area (Å²) in [6.07, 6.45) is 1.25. The Morgan fingerprint density at radius 2 is 1.06 bits per heavy atom. The highest BCUT2D eigenvalue weighted by atomic mass is 14.3. The van der Waals surface area contributed by atoms with E-state index in [1.54, 1.807) is 6.92 Å². The number of rotatable bonds is 0. The van der Waals surface area contributed by atoms with Gasteiger partial charge >= 0.3 is 0 Å². The first-order valence-corrected chi connectivity index (χ1v) is 5.68. The van der Waals surface area contributed by atoms with Crippen LogP contribution >= 0.6 is 0 Å². The molecule has 3 aromatic rings. The molecule has 0 unspecified atom stereocenters. The number of benzene rings is 3. The van der Waals surface area contributed by atoms with Crippen LogP contribution in [-0.4, -0.2) is 6.21 Å². The van der Waals surface area contributed by atoms with Crippen LogP contribution in [0.5, 0.6) is 0 Å². The van der Waals surface area contributed by atoms with Gasteiger partial charge in [-0.2, -0.15) is 0 Å². The molecule has 3 rings (SSSR count). The van der Waals surface area contributed by atoms with Gasteiger partial charge in [-0.25, -0.2) is 0 Å². The van der Waals surface area contributed by atoms with Crippen LogP contribution in [-0.2, 0) is 0 Å². The van der Waals surface area contributed by atoms with E-state index in [-0.39, 0.29) is 0 Å². The molecule has 17 heavy (non-hydrogen) atoms. The zero-order valence-electron chi connectivity index (χ0n) is 9.85. The van der Waals surface area contributed by atoms with E-state index in [1.807, 2.05) is 0 Å². The highest BCUT2D eigenvalue weighted by Gasteiger charge is 1.97. The van der Waals surface area contributed by atoms with E-state index >= 15 is 0 Å². The summed E-state index contributed by atoms with van der Waals surface area (Å²) < 4.78 is 0. The van der Waals surface area contributed by atoms with Gasteiger partial charge in [0.25, 0.3) is 0 Å². The minimum Gasteiger partial charge on any atom is -0.313 e. The molecule has 0 aliphatic heterocycles. The van der Waals surface area contributed by atoms with Crippen molar-refractivity contribution >= 4 is 27.8 Å². The molecule has 1 N–H and O–H groups in total. The van der Waals surface area contributed by atoms with Crippen molar-refractivity contribution < 1.29 is 0 Å². The number of hydrogen-bond donors (Lipinski definition) is 1. The summed E-state index contributed by atoms with van der Waals surface area (Å²) in [6, 6.07) is 21.4. The predicted octanol–water partition coefficient (Wildman–Crippen LogP) is 4.65. The van der Waals surface area contributed by atoms with Crippen molar-refractivity contribution in [1.82, 2.24) is 0 Å². The molecule has 3 aromatic carbocycles. The van der Waals surface area contributed by atoms with Crippen LogP contribution < -0.4 is 0 Å². The Labute approximate surface area is 101 Å². The van der Waals surface area contributed by atoms with Gasteiger partial charge in [0.2, 0.25) is 0 Å². The Morgan fingerprint density at radius 3 is 1.47 bits per heavy atom. The van der Waals surface area contributed by atoms with Crippen LogP contribution in [0.2, 0.25) is 0 Å². The maximum absolute atomic E-state index is 6.08. The van der Waals surface area contributed by atoms with E-state index in [1.165, 1.54) is 27.8 Å². The average molecular weight is 221 g/mol. The Morgan fingerprint density at radius 1 is 0.706 bits per heavy atom. The summed E-state index contributed by atoms with van der Waals surface area (Å²) >= 11 is 0. The topological polar surface area (TPSA) is 23.9 Å². The summed E-state index contributed by atoms with van der Waals surface area (Å²) in [5.41, 5.74) is 0. The lowest BCUT2D eigenvalue weighted by Crippen LogP contribution is -1.75. The fourth-order valence-corrected chi connectivity index (χ4v) is 1.95. The lowest BCUT2D eigenvalue weighted by molar-refractivity contribution is 1.55. The Balaban J connectivity index is 0.000000329. The standard InChI is InChI=1S/C14H10.C2H5N/c1-3-7-13-11(5-1)9-10-12-6-2-4-8-14(12)13;1-2-3/h1-10H;2-3H,1H3. The fraction of sp³-hybridized carbons (Fsp3) is 0.0625. The van der Waals surface area contributed by atoms with Gasteiger partial charge in [-0.15, -0.1) is 0 Å². The summed E-state index contributed by atoms with van der Waals surface area (Å²) in [5.74, 6) is 0. The van der Waals surface area contributed by atoms with E-state index in [9.17, 15) is 0 Å². The molecule has 1 heteroatoms. The first-order chi connectivity index (χ1) is 8.36. The van der Waals surface area contributed by atoms with Gasteiger partial charge in [-0.3, -0.25) is 0 Å². The molecule has 84 valence electrons. The van der Waals surface area contributed by atoms with E-state index in [0.29, 0.717) is 0 Å². The molecule has 1 nitrogen and oxygen atoms in total. The van der Waals surface area contributed by atoms with Crippen LogP contribution in [0, 0.1) is 5.41 Å². The van der Waals surface area contributed by atoms with Gasteiger partial charge in [0.1, 0.15) is 0 Å². The Bertz CT molecular complexity index is 586. The summed E-state index contributed by atoms with van der Waals surface area (Å²) in [4.78, 5) is 0. The molecule has 0 saturated carbocycles. The molecule has 0 amide bonds. The molecule has 0 aromatic heterocycles. The molecule has 0 spiro atoms. The van der Waals surface area contributed by atoms with E-state index in [4.69, 9.17) is 5.41 Å². The first-order valence-electron chi connectivity index (χ1n) is 5.68. The molecular weight excluding hydrogens is 206 g/mol. The van der Waals surface area contributed by atoms with Gasteiger partial charge < -0.3 is 5.41 Å². The molecule has 0 radical (unpaired) electrons. The Hall–Kier alpha value is -2.15. The summed E-state index contributed by atoms with van der Waals surface area (Å²) in [5, 5.41) is 11.4. The lowest BCUT2D eigenvalue weighted by Gasteiger charge is -2.02. The van der Waals surface area contributed by atoms with Crippen molar-refractivity contribution in [3.05, 3.63) is 60.7 Å². The third-order valence-corrected chi connectivity index (χ3v) is 2.65. The van der Waals surface area contributed by atoms with Crippen LogP contribution in [0.4, 0.5) is 0 Å². The van der Waals surface area contributed by atoms with E-state index in [0.717, 1.165) is 0 Å². The third kappa shape index (κ3) is 2.34. The summed E-state index contributed by atoms with van der Waals surface area (Å²) in [7, 11) is 0. The minimum atomic E-state index is 1.25. The van der Waals surface area contributed by atoms with Crippen molar-refractivity contribution in [3.63, 3.8) is 0 Å². The monoisotopic (exact) mass is 221 g/mol. The van der Waals surface area contributed by atoms with Gasteiger partial charge in [-0.05, 0) is 34.7 Å². The molecule has 0 aliphatic rings. The number of fused-ring (bicyclic) bond motifs is 3. The molecule has 0 heterocycles. The maximum Gasteiger partial charge on any atom is -0.00788 e. The second-order valence-corrected chi connectivity index (χ2v) is 3.80. The third-order valence-electron chi connectivity index (χ3n) is 2.65. The molecule has 0 atom stereocenters. The van der Waals surface area contributed by atoms with E-state index < -0.39 is 0 Å². The van der Waals surface area contributed by atoms with Gasteiger partial charge in [-0.1, -0.05) is 60.7 Å². The molecule has 0 bridgehead atoms. The van der Waals surface area contributed by atoms with Gasteiger partial charge in [0.15, 0.2) is 0 Å². The predicted molar refractivity (Wildman–Crippen MR) is 75.9 cm³/mol. The van der Waals surface area contributed by atoms with Crippen molar-refractivity contribution in [2.24, 2.45) is 0 Å². The molecule has 0 aliphatic carbocycles. The maximum atomic E-state index is 6.08. The van der Waals surface area contributed by atoms with Crippen molar-refractivity contribution in [2.45, 2.75) is 6.92 Å². The molecular formula is C16H15N. The Kier molecular flexibility index (Phi) is 3.51. The normalized spacial score (nSPS) is 9.71. The van der Waals surface area contributed by atoms with Gasteiger partial charge in [0.05, 0.1) is 0 Å². The smallest absolute Gasteiger partial charge is 0.00788 e. The average Bonchev–Trinajstić information content (AvgIpc) is 2.40. The lowest BCUT2D eigenvalue weighted by atomic mass is 10.0. The van der Waals surface area contributed by atoms with E-state index in [2.05, 4.69) is 60.7 Å². The quantitative estimate of drug-likeness (QED) is 0.422. The second kappa shape index (κ2) is 5.26. The van der Waals surface area contributed by atoms with Crippen molar-refractivity contribution in [2.75, 3.05) is 0 Å². The van der Waals surface area contributed by atoms with Crippen molar-refractivity contribution in [3.8, 4) is 0 Å². The SMILES string of the molecule is CC=N.c1ccc2c(c1)ccc1ccccc12. The number of nitrogens with one attached hydrogen (secondary N) is 1. The highest BCUT2D eigenvalue weighted by Crippen LogP contribution is 2.24. The fourth-order valence-electron chi connectivity index (χ4n) is 1.95. The molecule has 0 fully saturated rings. The second-order valence-electron chi connectivity index (χ2n) is 3.80. The molecule has 0 saturated heterocycles. The van der Waals surface area contributed by atoms with Crippen LogP contribution in [0.15, 0.2) is 60.7 Å². The number of hydrogen-bond acceptors (Lipinski definition) is 1. The van der Waals surface area contributed by atoms with Crippen molar-refractivity contribution in [1.29, 1.82) is 5.41 Å².